The molecule has 1 unspecified atom stereocenters. The van der Waals surface area contributed by atoms with Gasteiger partial charge < -0.3 is 10.5 Å². The van der Waals surface area contributed by atoms with Crippen LogP contribution >= 0.6 is 0 Å². The molecule has 0 spiro atoms. The first-order chi connectivity index (χ1) is 8.70. The molecule has 1 heterocycles. The van der Waals surface area contributed by atoms with Gasteiger partial charge in [-0.1, -0.05) is 12.1 Å². The summed E-state index contributed by atoms with van der Waals surface area (Å²) in [6, 6.07) is 7.76. The summed E-state index contributed by atoms with van der Waals surface area (Å²) in [6.45, 7) is 2.62. The highest BCUT2D eigenvalue weighted by atomic mass is 16.5. The van der Waals surface area contributed by atoms with Crippen molar-refractivity contribution in [2.45, 2.75) is 19.4 Å². The molecule has 1 aromatic carbocycles. The topological polar surface area (TPSA) is 66.0 Å². The molecule has 0 bridgehead atoms. The van der Waals surface area contributed by atoms with Crippen LogP contribution in [0.1, 0.15) is 24.4 Å². The predicted molar refractivity (Wildman–Crippen MR) is 69.2 cm³/mol. The van der Waals surface area contributed by atoms with Crippen molar-refractivity contribution in [3.8, 4) is 5.75 Å². The molecule has 2 rings (SSSR count). The van der Waals surface area contributed by atoms with Crippen molar-refractivity contribution < 1.29 is 4.74 Å². The van der Waals surface area contributed by atoms with Gasteiger partial charge in [-0.15, -0.1) is 0 Å². The van der Waals surface area contributed by atoms with Crippen molar-refractivity contribution in [1.29, 1.82) is 0 Å². The number of hydrogen-bond acceptors (Lipinski definition) is 4. The Bertz CT molecular complexity index is 509. The van der Waals surface area contributed by atoms with Crippen LogP contribution in [-0.2, 0) is 13.5 Å². The number of rotatable bonds is 5. The molecule has 2 aromatic rings. The van der Waals surface area contributed by atoms with E-state index in [2.05, 4.69) is 10.1 Å². The van der Waals surface area contributed by atoms with Gasteiger partial charge in [0.15, 0.2) is 0 Å². The largest absolute Gasteiger partial charge is 0.494 e. The van der Waals surface area contributed by atoms with E-state index in [9.17, 15) is 0 Å². The van der Waals surface area contributed by atoms with Crippen molar-refractivity contribution in [1.82, 2.24) is 14.8 Å². The number of hydrogen-bond donors (Lipinski definition) is 1. The summed E-state index contributed by atoms with van der Waals surface area (Å²) in [4.78, 5) is 4.18. The average Bonchev–Trinajstić information content (AvgIpc) is 2.76. The second-order valence-corrected chi connectivity index (χ2v) is 4.12. The highest BCUT2D eigenvalue weighted by Gasteiger charge is 2.11. The SMILES string of the molecule is CCOc1cccc(C(N)Cc2ncnn2C)c1. The average molecular weight is 246 g/mol. The number of benzene rings is 1. The first kappa shape index (κ1) is 12.6. The molecule has 1 aromatic heterocycles. The molecule has 0 aliphatic heterocycles. The zero-order valence-electron chi connectivity index (χ0n) is 10.7. The third-order valence-electron chi connectivity index (χ3n) is 2.80. The molecule has 0 saturated heterocycles. The van der Waals surface area contributed by atoms with Crippen LogP contribution in [0.2, 0.25) is 0 Å². The van der Waals surface area contributed by atoms with Crippen LogP contribution in [0.15, 0.2) is 30.6 Å². The van der Waals surface area contributed by atoms with Gasteiger partial charge in [-0.05, 0) is 24.6 Å². The normalized spacial score (nSPS) is 12.4. The molecule has 5 nitrogen and oxygen atoms in total. The highest BCUT2D eigenvalue weighted by Crippen LogP contribution is 2.20. The minimum Gasteiger partial charge on any atom is -0.494 e. The van der Waals surface area contributed by atoms with Crippen LogP contribution in [-0.4, -0.2) is 21.4 Å². The Morgan fingerprint density at radius 2 is 2.28 bits per heavy atom. The van der Waals surface area contributed by atoms with Crippen LogP contribution in [0.25, 0.3) is 0 Å². The van der Waals surface area contributed by atoms with Crippen LogP contribution in [0.4, 0.5) is 0 Å². The number of aromatic nitrogens is 3. The maximum atomic E-state index is 6.18. The highest BCUT2D eigenvalue weighted by molar-refractivity contribution is 5.30. The molecule has 0 aliphatic rings. The van der Waals surface area contributed by atoms with E-state index in [0.717, 1.165) is 17.1 Å². The van der Waals surface area contributed by atoms with Gasteiger partial charge in [0.05, 0.1) is 6.61 Å². The molecule has 0 aliphatic carbocycles. The number of aryl methyl sites for hydroxylation is 1. The smallest absolute Gasteiger partial charge is 0.138 e. The van der Waals surface area contributed by atoms with Crippen LogP contribution < -0.4 is 10.5 Å². The van der Waals surface area contributed by atoms with E-state index in [0.29, 0.717) is 13.0 Å². The van der Waals surface area contributed by atoms with Gasteiger partial charge in [0.2, 0.25) is 0 Å². The Kier molecular flexibility index (Phi) is 3.94. The summed E-state index contributed by atoms with van der Waals surface area (Å²) in [5, 5.41) is 4.04. The zero-order valence-corrected chi connectivity index (χ0v) is 10.7. The third-order valence-corrected chi connectivity index (χ3v) is 2.80. The summed E-state index contributed by atoms with van der Waals surface area (Å²) >= 11 is 0. The lowest BCUT2D eigenvalue weighted by Crippen LogP contribution is -2.16. The van der Waals surface area contributed by atoms with Crippen LogP contribution in [0.5, 0.6) is 5.75 Å². The van der Waals surface area contributed by atoms with E-state index in [-0.39, 0.29) is 6.04 Å². The van der Waals surface area contributed by atoms with E-state index < -0.39 is 0 Å². The lowest BCUT2D eigenvalue weighted by atomic mass is 10.0. The first-order valence-electron chi connectivity index (χ1n) is 6.02. The Labute approximate surface area is 107 Å². The van der Waals surface area contributed by atoms with Crippen molar-refractivity contribution >= 4 is 0 Å². The summed E-state index contributed by atoms with van der Waals surface area (Å²) in [7, 11) is 1.87. The van der Waals surface area contributed by atoms with E-state index in [1.54, 1.807) is 11.0 Å². The quantitative estimate of drug-likeness (QED) is 0.867. The lowest BCUT2D eigenvalue weighted by Gasteiger charge is -2.13. The summed E-state index contributed by atoms with van der Waals surface area (Å²) in [5.74, 6) is 1.73. The molecule has 2 N–H and O–H groups in total. The minimum absolute atomic E-state index is 0.103. The molecule has 0 saturated carbocycles. The van der Waals surface area contributed by atoms with E-state index >= 15 is 0 Å². The Morgan fingerprint density at radius 3 is 2.94 bits per heavy atom. The molecule has 18 heavy (non-hydrogen) atoms. The van der Waals surface area contributed by atoms with Gasteiger partial charge in [-0.25, -0.2) is 4.98 Å². The van der Waals surface area contributed by atoms with E-state index in [1.165, 1.54) is 0 Å². The Balaban J connectivity index is 2.11. The predicted octanol–water partition coefficient (Wildman–Crippen LogP) is 1.46. The molecule has 1 atom stereocenters. The Hall–Kier alpha value is -1.88. The number of ether oxygens (including phenoxy) is 1. The fourth-order valence-electron chi connectivity index (χ4n) is 1.82. The second kappa shape index (κ2) is 5.64. The molecular formula is C13H18N4O. The van der Waals surface area contributed by atoms with Crippen molar-refractivity contribution in [3.05, 3.63) is 42.0 Å². The van der Waals surface area contributed by atoms with Crippen LogP contribution in [0.3, 0.4) is 0 Å². The van der Waals surface area contributed by atoms with E-state index in [1.807, 2.05) is 38.2 Å². The summed E-state index contributed by atoms with van der Waals surface area (Å²) in [6.07, 6.45) is 2.20. The number of nitrogens with two attached hydrogens (primary N) is 1. The van der Waals surface area contributed by atoms with Gasteiger partial charge in [0, 0.05) is 19.5 Å². The molecule has 0 fully saturated rings. The summed E-state index contributed by atoms with van der Waals surface area (Å²) < 4.78 is 7.21. The molecule has 0 radical (unpaired) electrons. The van der Waals surface area contributed by atoms with Crippen molar-refractivity contribution in [2.24, 2.45) is 12.8 Å². The van der Waals surface area contributed by atoms with Gasteiger partial charge in [0.25, 0.3) is 0 Å². The second-order valence-electron chi connectivity index (χ2n) is 4.12. The van der Waals surface area contributed by atoms with Crippen molar-refractivity contribution in [3.63, 3.8) is 0 Å². The standard InChI is InChI=1S/C13H18N4O/c1-3-18-11-6-4-5-10(7-11)12(14)8-13-15-9-16-17(13)2/h4-7,9,12H,3,8,14H2,1-2H3. The minimum atomic E-state index is -0.103. The molecule has 96 valence electrons. The zero-order chi connectivity index (χ0) is 13.0. The molecule has 5 heteroatoms. The van der Waals surface area contributed by atoms with E-state index in [4.69, 9.17) is 10.5 Å². The van der Waals surface area contributed by atoms with Gasteiger partial charge in [-0.2, -0.15) is 5.10 Å². The number of nitrogens with zero attached hydrogens (tertiary/aromatic N) is 3. The van der Waals surface area contributed by atoms with Gasteiger partial charge in [0.1, 0.15) is 17.9 Å². The Morgan fingerprint density at radius 1 is 1.44 bits per heavy atom. The fraction of sp³-hybridized carbons (Fsp3) is 0.385. The monoisotopic (exact) mass is 246 g/mol. The fourth-order valence-corrected chi connectivity index (χ4v) is 1.82. The lowest BCUT2D eigenvalue weighted by molar-refractivity contribution is 0.339. The maximum absolute atomic E-state index is 6.18. The summed E-state index contributed by atoms with van der Waals surface area (Å²) in [5.41, 5.74) is 7.23. The van der Waals surface area contributed by atoms with Crippen LogP contribution in [0, 0.1) is 0 Å². The van der Waals surface area contributed by atoms with Gasteiger partial charge in [-0.3, -0.25) is 4.68 Å². The van der Waals surface area contributed by atoms with Crippen molar-refractivity contribution in [2.75, 3.05) is 6.61 Å². The molecular weight excluding hydrogens is 228 g/mol. The maximum Gasteiger partial charge on any atom is 0.138 e. The molecule has 0 amide bonds. The third kappa shape index (κ3) is 2.87. The first-order valence-corrected chi connectivity index (χ1v) is 6.02. The van der Waals surface area contributed by atoms with Gasteiger partial charge >= 0.3 is 0 Å².